The SMILES string of the molecule is COCCNC(=O)CCC([NH])=O. The number of carbonyl (C=O) groups excluding carboxylic acids is 2. The Morgan fingerprint density at radius 2 is 2.08 bits per heavy atom. The smallest absolute Gasteiger partial charge is 0.238 e. The van der Waals surface area contributed by atoms with Crippen molar-refractivity contribution in [1.82, 2.24) is 11.1 Å². The Bertz CT molecular complexity index is 159. The molecule has 0 aliphatic rings. The van der Waals surface area contributed by atoms with Gasteiger partial charge in [0, 0.05) is 26.5 Å². The molecule has 0 unspecified atom stereocenters. The summed E-state index contributed by atoms with van der Waals surface area (Å²) in [5, 5.41) is 2.54. The van der Waals surface area contributed by atoms with E-state index < -0.39 is 5.91 Å². The molecule has 0 atom stereocenters. The summed E-state index contributed by atoms with van der Waals surface area (Å²) < 4.78 is 4.70. The quantitative estimate of drug-likeness (QED) is 0.541. The summed E-state index contributed by atoms with van der Waals surface area (Å²) in [7, 11) is 1.54. The van der Waals surface area contributed by atoms with Crippen molar-refractivity contribution in [2.75, 3.05) is 20.3 Å². The van der Waals surface area contributed by atoms with Gasteiger partial charge < -0.3 is 10.1 Å². The number of ether oxygens (including phenoxy) is 1. The lowest BCUT2D eigenvalue weighted by atomic mass is 10.3. The van der Waals surface area contributed by atoms with Gasteiger partial charge in [-0.2, -0.15) is 0 Å². The van der Waals surface area contributed by atoms with E-state index in [4.69, 9.17) is 10.5 Å². The zero-order valence-corrected chi connectivity index (χ0v) is 7.05. The third-order valence-corrected chi connectivity index (χ3v) is 1.21. The Morgan fingerprint density at radius 3 is 2.58 bits per heavy atom. The monoisotopic (exact) mass is 173 g/mol. The van der Waals surface area contributed by atoms with E-state index in [0.717, 1.165) is 0 Å². The lowest BCUT2D eigenvalue weighted by molar-refractivity contribution is -0.125. The van der Waals surface area contributed by atoms with Crippen LogP contribution in [-0.4, -0.2) is 32.1 Å². The van der Waals surface area contributed by atoms with Gasteiger partial charge in [-0.1, -0.05) is 0 Å². The average molecular weight is 173 g/mol. The van der Waals surface area contributed by atoms with Crippen molar-refractivity contribution >= 4 is 11.8 Å². The zero-order valence-electron chi connectivity index (χ0n) is 7.05. The van der Waals surface area contributed by atoms with Crippen molar-refractivity contribution in [2.24, 2.45) is 0 Å². The lowest BCUT2D eigenvalue weighted by Crippen LogP contribution is -2.27. The van der Waals surface area contributed by atoms with Gasteiger partial charge in [-0.25, -0.2) is 0 Å². The molecule has 2 N–H and O–H groups in total. The highest BCUT2D eigenvalue weighted by molar-refractivity contribution is 5.82. The van der Waals surface area contributed by atoms with Crippen LogP contribution in [0, 0.1) is 0 Å². The molecule has 5 nitrogen and oxygen atoms in total. The van der Waals surface area contributed by atoms with Gasteiger partial charge in [0.1, 0.15) is 0 Å². The number of hydrogen-bond donors (Lipinski definition) is 1. The third-order valence-electron chi connectivity index (χ3n) is 1.21. The summed E-state index contributed by atoms with van der Waals surface area (Å²) in [6.07, 6.45) is 0.0743. The van der Waals surface area contributed by atoms with Crippen LogP contribution in [0.4, 0.5) is 0 Å². The molecular formula is C7H13N2O3. The molecule has 0 aliphatic heterocycles. The molecule has 2 amide bonds. The topological polar surface area (TPSA) is 79.2 Å². The van der Waals surface area contributed by atoms with Crippen molar-refractivity contribution in [3.8, 4) is 0 Å². The van der Waals surface area contributed by atoms with E-state index in [1.165, 1.54) is 0 Å². The Morgan fingerprint density at radius 1 is 1.42 bits per heavy atom. The first-order valence-electron chi connectivity index (χ1n) is 3.67. The van der Waals surface area contributed by atoms with E-state index in [1.807, 2.05) is 0 Å². The molecule has 0 aromatic rings. The maximum Gasteiger partial charge on any atom is 0.238 e. The summed E-state index contributed by atoms with van der Waals surface area (Å²) in [5.41, 5.74) is 6.54. The van der Waals surface area contributed by atoms with Gasteiger partial charge in [0.2, 0.25) is 11.8 Å². The fourth-order valence-electron chi connectivity index (χ4n) is 0.608. The van der Waals surface area contributed by atoms with Crippen LogP contribution >= 0.6 is 0 Å². The number of amides is 2. The van der Waals surface area contributed by atoms with E-state index in [0.29, 0.717) is 13.2 Å². The Kier molecular flexibility index (Phi) is 6.00. The molecule has 0 aromatic heterocycles. The van der Waals surface area contributed by atoms with Crippen LogP contribution in [0.25, 0.3) is 0 Å². The molecule has 0 spiro atoms. The van der Waals surface area contributed by atoms with Gasteiger partial charge in [0.25, 0.3) is 0 Å². The molecule has 12 heavy (non-hydrogen) atoms. The Balaban J connectivity index is 3.28. The number of rotatable bonds is 6. The minimum Gasteiger partial charge on any atom is -0.383 e. The molecule has 0 bridgehead atoms. The van der Waals surface area contributed by atoms with Gasteiger partial charge in [-0.3, -0.25) is 15.3 Å². The Hall–Kier alpha value is -1.10. The summed E-state index contributed by atoms with van der Waals surface area (Å²) in [5.74, 6) is -0.926. The third kappa shape index (κ3) is 7.01. The largest absolute Gasteiger partial charge is 0.383 e. The fraction of sp³-hybridized carbons (Fsp3) is 0.714. The molecule has 69 valence electrons. The van der Waals surface area contributed by atoms with Crippen LogP contribution in [-0.2, 0) is 14.3 Å². The standard InChI is InChI=1S/C7H13N2O3/c1-12-5-4-9-7(11)3-2-6(8)10/h8H,2-5H2,1H3,(H,9,11). The second kappa shape index (κ2) is 6.60. The van der Waals surface area contributed by atoms with Crippen LogP contribution in [0.1, 0.15) is 12.8 Å². The summed E-state index contributed by atoms with van der Waals surface area (Å²) in [6.45, 7) is 0.905. The number of carbonyl (C=O) groups is 2. The average Bonchev–Trinajstić information content (AvgIpc) is 2.01. The molecule has 1 radical (unpaired) electrons. The molecule has 0 heterocycles. The molecule has 0 saturated heterocycles. The summed E-state index contributed by atoms with van der Waals surface area (Å²) >= 11 is 0. The predicted molar refractivity (Wildman–Crippen MR) is 42.2 cm³/mol. The maximum atomic E-state index is 10.8. The highest BCUT2D eigenvalue weighted by Crippen LogP contribution is 1.86. The van der Waals surface area contributed by atoms with Crippen molar-refractivity contribution < 1.29 is 14.3 Å². The lowest BCUT2D eigenvalue weighted by Gasteiger charge is -2.01. The van der Waals surface area contributed by atoms with E-state index in [1.54, 1.807) is 7.11 Å². The predicted octanol–water partition coefficient (Wildman–Crippen LogP) is -0.661. The summed E-state index contributed by atoms with van der Waals surface area (Å²) in [6, 6.07) is 0. The normalized spacial score (nSPS) is 9.42. The fourth-order valence-corrected chi connectivity index (χ4v) is 0.608. The van der Waals surface area contributed by atoms with E-state index in [-0.39, 0.29) is 18.7 Å². The Labute approximate surface area is 71.3 Å². The first-order valence-corrected chi connectivity index (χ1v) is 3.67. The second-order valence-electron chi connectivity index (χ2n) is 2.27. The highest BCUT2D eigenvalue weighted by Gasteiger charge is 2.02. The highest BCUT2D eigenvalue weighted by atomic mass is 16.5. The van der Waals surface area contributed by atoms with Crippen molar-refractivity contribution in [3.63, 3.8) is 0 Å². The zero-order chi connectivity index (χ0) is 9.40. The molecule has 5 heteroatoms. The van der Waals surface area contributed by atoms with E-state index in [9.17, 15) is 9.59 Å². The van der Waals surface area contributed by atoms with E-state index in [2.05, 4.69) is 5.32 Å². The second-order valence-corrected chi connectivity index (χ2v) is 2.27. The van der Waals surface area contributed by atoms with Crippen LogP contribution in [0.5, 0.6) is 0 Å². The minimum absolute atomic E-state index is 0.0151. The molecule has 0 rings (SSSR count). The van der Waals surface area contributed by atoms with Crippen molar-refractivity contribution in [1.29, 1.82) is 0 Å². The van der Waals surface area contributed by atoms with Gasteiger partial charge in [-0.05, 0) is 0 Å². The molecule has 0 aliphatic carbocycles. The van der Waals surface area contributed by atoms with Gasteiger partial charge in [0.05, 0.1) is 6.61 Å². The molecule has 0 aromatic carbocycles. The number of nitrogens with one attached hydrogen (secondary N) is 2. The molecule has 0 saturated carbocycles. The van der Waals surface area contributed by atoms with Crippen molar-refractivity contribution in [2.45, 2.75) is 12.8 Å². The first kappa shape index (κ1) is 10.9. The van der Waals surface area contributed by atoms with Crippen LogP contribution < -0.4 is 11.1 Å². The molecule has 0 fully saturated rings. The minimum atomic E-state index is -0.711. The van der Waals surface area contributed by atoms with Gasteiger partial charge in [-0.15, -0.1) is 0 Å². The number of hydrogen-bond acceptors (Lipinski definition) is 3. The van der Waals surface area contributed by atoms with Gasteiger partial charge >= 0.3 is 0 Å². The van der Waals surface area contributed by atoms with E-state index >= 15 is 0 Å². The first-order chi connectivity index (χ1) is 5.66. The maximum absolute atomic E-state index is 10.8. The van der Waals surface area contributed by atoms with Crippen LogP contribution in [0.2, 0.25) is 0 Å². The molecular weight excluding hydrogens is 160 g/mol. The van der Waals surface area contributed by atoms with Gasteiger partial charge in [0.15, 0.2) is 0 Å². The summed E-state index contributed by atoms with van der Waals surface area (Å²) in [4.78, 5) is 21.0. The number of methoxy groups -OCH3 is 1. The van der Waals surface area contributed by atoms with Crippen LogP contribution in [0.3, 0.4) is 0 Å². The van der Waals surface area contributed by atoms with Crippen molar-refractivity contribution in [3.05, 3.63) is 0 Å². The van der Waals surface area contributed by atoms with Crippen LogP contribution in [0.15, 0.2) is 0 Å².